The number of aliphatic carboxylic acids is 1. The van der Waals surface area contributed by atoms with E-state index in [4.69, 9.17) is 4.74 Å². The third kappa shape index (κ3) is 4.68. The third-order valence-electron chi connectivity index (χ3n) is 3.71. The summed E-state index contributed by atoms with van der Waals surface area (Å²) in [6, 6.07) is 2.70. The Hall–Kier alpha value is -3.17. The van der Waals surface area contributed by atoms with Gasteiger partial charge in [-0.3, -0.25) is 14.9 Å². The first-order chi connectivity index (χ1) is 12.2. The number of benzene rings is 1. The molecule has 10 heteroatoms. The first-order valence-electron chi connectivity index (χ1n) is 7.93. The van der Waals surface area contributed by atoms with E-state index in [0.717, 1.165) is 6.07 Å². The quantitative estimate of drug-likeness (QED) is 0.315. The van der Waals surface area contributed by atoms with Crippen molar-refractivity contribution in [3.63, 3.8) is 0 Å². The van der Waals surface area contributed by atoms with Crippen LogP contribution >= 0.6 is 0 Å². The van der Waals surface area contributed by atoms with Gasteiger partial charge in [-0.2, -0.15) is 0 Å². The predicted molar refractivity (Wildman–Crippen MR) is 90.0 cm³/mol. The lowest BCUT2D eigenvalue weighted by Crippen LogP contribution is -2.48. The summed E-state index contributed by atoms with van der Waals surface area (Å²) >= 11 is 0. The Kier molecular flexibility index (Phi) is 5.75. The van der Waals surface area contributed by atoms with Crippen LogP contribution in [0.25, 0.3) is 0 Å². The van der Waals surface area contributed by atoms with Crippen LogP contribution in [-0.4, -0.2) is 47.0 Å². The zero-order chi connectivity index (χ0) is 19.4. The number of carboxylic acid groups (broad SMARTS) is 1. The number of carboxylic acids is 1. The number of hydrogen-bond acceptors (Lipinski definition) is 7. The van der Waals surface area contributed by atoms with Gasteiger partial charge in [0, 0.05) is 6.07 Å². The van der Waals surface area contributed by atoms with Gasteiger partial charge in [-0.05, 0) is 18.4 Å². The molecule has 2 N–H and O–H groups in total. The highest BCUT2D eigenvalue weighted by Crippen LogP contribution is 2.34. The van der Waals surface area contributed by atoms with Gasteiger partial charge < -0.3 is 20.1 Å². The van der Waals surface area contributed by atoms with E-state index in [1.54, 1.807) is 0 Å². The highest BCUT2D eigenvalue weighted by molar-refractivity contribution is 5.91. The lowest BCUT2D eigenvalue weighted by molar-refractivity contribution is -0.384. The van der Waals surface area contributed by atoms with E-state index < -0.39 is 28.8 Å². The molecule has 0 radical (unpaired) electrons. The number of carbonyl (C=O) groups is 3. The topological polar surface area (TPSA) is 139 Å². The van der Waals surface area contributed by atoms with E-state index in [2.05, 4.69) is 5.32 Å². The molecule has 1 aromatic carbocycles. The molecule has 10 nitrogen and oxygen atoms in total. The molecule has 0 aliphatic carbocycles. The second kappa shape index (κ2) is 7.81. The van der Waals surface area contributed by atoms with Gasteiger partial charge in [0.1, 0.15) is 12.6 Å². The number of amides is 1. The fourth-order valence-corrected chi connectivity index (χ4v) is 2.60. The average molecular weight is 365 g/mol. The van der Waals surface area contributed by atoms with Gasteiger partial charge in [0.25, 0.3) is 5.69 Å². The number of hydrogen-bond donors (Lipinski definition) is 2. The van der Waals surface area contributed by atoms with Crippen molar-refractivity contribution in [2.45, 2.75) is 26.3 Å². The first-order valence-corrected chi connectivity index (χ1v) is 7.93. The van der Waals surface area contributed by atoms with Crippen molar-refractivity contribution in [1.82, 2.24) is 5.32 Å². The lowest BCUT2D eigenvalue weighted by atomic mass is 10.0. The minimum Gasteiger partial charge on any atom is -0.480 e. The molecular formula is C16H19N3O7. The average Bonchev–Trinajstić information content (AvgIpc) is 2.52. The molecule has 140 valence electrons. The molecule has 1 aliphatic rings. The lowest BCUT2D eigenvalue weighted by Gasteiger charge is -2.29. The van der Waals surface area contributed by atoms with Crippen LogP contribution < -0.4 is 15.0 Å². The number of esters is 1. The largest absolute Gasteiger partial charge is 0.480 e. The molecule has 0 aromatic heterocycles. The molecule has 26 heavy (non-hydrogen) atoms. The number of rotatable bonds is 7. The van der Waals surface area contributed by atoms with Gasteiger partial charge in [0.05, 0.1) is 23.2 Å². The Bertz CT molecular complexity index is 747. The van der Waals surface area contributed by atoms with Crippen LogP contribution in [0.5, 0.6) is 5.75 Å². The second-order valence-electron chi connectivity index (χ2n) is 6.33. The molecule has 0 fully saturated rings. The van der Waals surface area contributed by atoms with E-state index in [1.807, 2.05) is 13.8 Å². The van der Waals surface area contributed by atoms with Crippen molar-refractivity contribution >= 4 is 29.2 Å². The van der Waals surface area contributed by atoms with Gasteiger partial charge >= 0.3 is 11.9 Å². The molecule has 1 aliphatic heterocycles. The molecule has 2 rings (SSSR count). The van der Waals surface area contributed by atoms with Crippen LogP contribution in [0.2, 0.25) is 0 Å². The number of nitro groups is 1. The van der Waals surface area contributed by atoms with Crippen LogP contribution in [0.15, 0.2) is 18.2 Å². The van der Waals surface area contributed by atoms with Crippen LogP contribution in [0.1, 0.15) is 20.3 Å². The van der Waals surface area contributed by atoms with E-state index in [1.165, 1.54) is 17.0 Å². The molecular weight excluding hydrogens is 346 g/mol. The van der Waals surface area contributed by atoms with E-state index in [0.29, 0.717) is 5.69 Å². The summed E-state index contributed by atoms with van der Waals surface area (Å²) in [6.07, 6.45) is 0.270. The second-order valence-corrected chi connectivity index (χ2v) is 6.33. The molecule has 0 saturated heterocycles. The number of nitrogens with one attached hydrogen (secondary N) is 1. The monoisotopic (exact) mass is 365 g/mol. The van der Waals surface area contributed by atoms with Crippen LogP contribution in [0, 0.1) is 16.0 Å². The minimum atomic E-state index is -1.14. The maximum Gasteiger partial charge on any atom is 0.331 e. The van der Waals surface area contributed by atoms with Gasteiger partial charge in [-0.1, -0.05) is 13.8 Å². The normalized spacial score (nSPS) is 14.4. The molecule has 0 spiro atoms. The summed E-state index contributed by atoms with van der Waals surface area (Å²) in [4.78, 5) is 46.8. The summed E-state index contributed by atoms with van der Waals surface area (Å²) in [7, 11) is 0. The standard InChI is InChI=1S/C16H19N3O7/c1-9(2)5-11(16(22)23)17-14(20)7-18-8-15(21)26-13-6-10(19(24)25)3-4-12(13)18/h3-4,6,9,11H,5,7-8H2,1-2H3,(H,17,20)(H,22,23). The Morgan fingerprint density at radius 3 is 2.69 bits per heavy atom. The smallest absolute Gasteiger partial charge is 0.331 e. The van der Waals surface area contributed by atoms with Gasteiger partial charge in [0.15, 0.2) is 5.75 Å². The number of ether oxygens (including phenoxy) is 1. The highest BCUT2D eigenvalue weighted by atomic mass is 16.6. The Balaban J connectivity index is 2.14. The molecule has 1 amide bonds. The molecule has 1 atom stereocenters. The first kappa shape index (κ1) is 19.2. The van der Waals surface area contributed by atoms with Crippen LogP contribution in [-0.2, 0) is 14.4 Å². The van der Waals surface area contributed by atoms with E-state index in [-0.39, 0.29) is 36.9 Å². The maximum atomic E-state index is 12.2. The zero-order valence-electron chi connectivity index (χ0n) is 14.3. The fraction of sp³-hybridized carbons (Fsp3) is 0.438. The minimum absolute atomic E-state index is 0.0137. The van der Waals surface area contributed by atoms with E-state index in [9.17, 15) is 29.6 Å². The molecule has 1 unspecified atom stereocenters. The Morgan fingerprint density at radius 2 is 2.12 bits per heavy atom. The van der Waals surface area contributed by atoms with Crippen molar-refractivity contribution in [3.8, 4) is 5.75 Å². The molecule has 0 saturated carbocycles. The summed E-state index contributed by atoms with van der Waals surface area (Å²) in [5, 5.41) is 22.5. The van der Waals surface area contributed by atoms with Crippen molar-refractivity contribution in [2.24, 2.45) is 5.92 Å². The third-order valence-corrected chi connectivity index (χ3v) is 3.71. The highest BCUT2D eigenvalue weighted by Gasteiger charge is 2.29. The number of carbonyl (C=O) groups excluding carboxylic acids is 2. The Morgan fingerprint density at radius 1 is 1.42 bits per heavy atom. The summed E-state index contributed by atoms with van der Waals surface area (Å²) in [5.74, 6) is -2.32. The number of anilines is 1. The van der Waals surface area contributed by atoms with Gasteiger partial charge in [0.2, 0.25) is 5.91 Å². The van der Waals surface area contributed by atoms with Crippen molar-refractivity contribution < 1.29 is 29.2 Å². The number of non-ortho nitro benzene ring substituents is 1. The van der Waals surface area contributed by atoms with Crippen LogP contribution in [0.4, 0.5) is 11.4 Å². The number of nitrogens with zero attached hydrogens (tertiary/aromatic N) is 2. The Labute approximate surface area is 148 Å². The summed E-state index contributed by atoms with van der Waals surface area (Å²) < 4.78 is 5.00. The number of nitro benzene ring substituents is 1. The van der Waals surface area contributed by atoms with Crippen molar-refractivity contribution in [3.05, 3.63) is 28.3 Å². The molecule has 0 bridgehead atoms. The zero-order valence-corrected chi connectivity index (χ0v) is 14.3. The molecule has 1 heterocycles. The summed E-state index contributed by atoms with van der Waals surface area (Å²) in [5.41, 5.74) is 0.104. The van der Waals surface area contributed by atoms with Crippen molar-refractivity contribution in [1.29, 1.82) is 0 Å². The maximum absolute atomic E-state index is 12.2. The number of fused-ring (bicyclic) bond motifs is 1. The van der Waals surface area contributed by atoms with Crippen LogP contribution in [0.3, 0.4) is 0 Å². The molecule has 1 aromatic rings. The van der Waals surface area contributed by atoms with E-state index >= 15 is 0 Å². The van der Waals surface area contributed by atoms with Crippen molar-refractivity contribution in [2.75, 3.05) is 18.0 Å². The van der Waals surface area contributed by atoms with Gasteiger partial charge in [-0.15, -0.1) is 0 Å². The SMILES string of the molecule is CC(C)CC(NC(=O)CN1CC(=O)Oc2cc([N+](=O)[O-])ccc21)C(=O)O. The fourth-order valence-electron chi connectivity index (χ4n) is 2.60. The van der Waals surface area contributed by atoms with Gasteiger partial charge in [-0.25, -0.2) is 9.59 Å². The predicted octanol–water partition coefficient (Wildman–Crippen LogP) is 0.936. The summed E-state index contributed by atoms with van der Waals surface area (Å²) in [6.45, 7) is 3.18.